The van der Waals surface area contributed by atoms with Crippen LogP contribution in [-0.2, 0) is 11.3 Å². The Morgan fingerprint density at radius 2 is 2.23 bits per heavy atom. The van der Waals surface area contributed by atoms with E-state index >= 15 is 0 Å². The number of para-hydroxylation sites is 1. The standard InChI is InChI=1S/C19H23FN2O4/c1-24-11-9-14-6-4-5-10-22(14)19(23)16-12-26-18(21-16)13-25-17-8-3-2-7-15(17)20/h2-3,7-8,12,14H,4-6,9-11,13H2,1H3/t14-/m1/s1. The van der Waals surface area contributed by atoms with Gasteiger partial charge >= 0.3 is 0 Å². The highest BCUT2D eigenvalue weighted by Gasteiger charge is 2.29. The molecule has 1 aliphatic rings. The molecule has 0 aliphatic carbocycles. The number of methoxy groups -OCH3 is 1. The van der Waals surface area contributed by atoms with Crippen LogP contribution < -0.4 is 4.74 Å². The Morgan fingerprint density at radius 3 is 3.04 bits per heavy atom. The quantitative estimate of drug-likeness (QED) is 0.755. The number of likely N-dealkylation sites (tertiary alicyclic amines) is 1. The van der Waals surface area contributed by atoms with Gasteiger partial charge in [-0.15, -0.1) is 0 Å². The molecule has 0 unspecified atom stereocenters. The monoisotopic (exact) mass is 362 g/mol. The predicted molar refractivity (Wildman–Crippen MR) is 92.4 cm³/mol. The smallest absolute Gasteiger partial charge is 0.276 e. The molecule has 26 heavy (non-hydrogen) atoms. The van der Waals surface area contributed by atoms with Crippen molar-refractivity contribution in [3.63, 3.8) is 0 Å². The fraction of sp³-hybridized carbons (Fsp3) is 0.474. The van der Waals surface area contributed by atoms with E-state index in [4.69, 9.17) is 13.9 Å². The highest BCUT2D eigenvalue weighted by Crippen LogP contribution is 2.22. The van der Waals surface area contributed by atoms with Crippen molar-refractivity contribution < 1.29 is 23.1 Å². The second-order valence-corrected chi connectivity index (χ2v) is 6.28. The Bertz CT molecular complexity index is 734. The van der Waals surface area contributed by atoms with E-state index in [2.05, 4.69) is 4.98 Å². The van der Waals surface area contributed by atoms with Gasteiger partial charge in [0.25, 0.3) is 5.91 Å². The van der Waals surface area contributed by atoms with Gasteiger partial charge < -0.3 is 18.8 Å². The van der Waals surface area contributed by atoms with Gasteiger partial charge in [0, 0.05) is 26.3 Å². The van der Waals surface area contributed by atoms with Crippen molar-refractivity contribution in [1.29, 1.82) is 0 Å². The summed E-state index contributed by atoms with van der Waals surface area (Å²) in [6.45, 7) is 1.29. The number of amides is 1. The third kappa shape index (κ3) is 4.40. The van der Waals surface area contributed by atoms with E-state index in [0.717, 1.165) is 25.7 Å². The maximum Gasteiger partial charge on any atom is 0.276 e. The Balaban J connectivity index is 1.62. The van der Waals surface area contributed by atoms with Crippen molar-refractivity contribution in [2.75, 3.05) is 20.3 Å². The van der Waals surface area contributed by atoms with Crippen molar-refractivity contribution in [1.82, 2.24) is 9.88 Å². The minimum absolute atomic E-state index is 0.0404. The van der Waals surface area contributed by atoms with Crippen LogP contribution in [0.3, 0.4) is 0 Å². The zero-order valence-electron chi connectivity index (χ0n) is 14.8. The lowest BCUT2D eigenvalue weighted by atomic mass is 9.99. The first-order valence-electron chi connectivity index (χ1n) is 8.80. The molecule has 3 rings (SSSR count). The van der Waals surface area contributed by atoms with Crippen LogP contribution in [0.1, 0.15) is 42.1 Å². The summed E-state index contributed by atoms with van der Waals surface area (Å²) < 4.78 is 29.4. The first-order valence-corrected chi connectivity index (χ1v) is 8.80. The van der Waals surface area contributed by atoms with Gasteiger partial charge in [-0.3, -0.25) is 4.79 Å². The molecule has 1 fully saturated rings. The fourth-order valence-electron chi connectivity index (χ4n) is 3.15. The normalized spacial score (nSPS) is 17.3. The van der Waals surface area contributed by atoms with Gasteiger partial charge in [0.2, 0.25) is 5.89 Å². The number of carbonyl (C=O) groups is 1. The van der Waals surface area contributed by atoms with Gasteiger partial charge in [-0.1, -0.05) is 12.1 Å². The Kier molecular flexibility index (Phi) is 6.22. The second-order valence-electron chi connectivity index (χ2n) is 6.28. The summed E-state index contributed by atoms with van der Waals surface area (Å²) >= 11 is 0. The molecule has 0 saturated carbocycles. The van der Waals surface area contributed by atoms with Crippen LogP contribution in [0, 0.1) is 5.82 Å². The molecule has 140 valence electrons. The first kappa shape index (κ1) is 18.4. The van der Waals surface area contributed by atoms with Crippen LogP contribution in [0.25, 0.3) is 0 Å². The van der Waals surface area contributed by atoms with E-state index in [9.17, 15) is 9.18 Å². The molecule has 1 amide bonds. The minimum atomic E-state index is -0.454. The van der Waals surface area contributed by atoms with Gasteiger partial charge in [-0.2, -0.15) is 0 Å². The molecular weight excluding hydrogens is 339 g/mol. The van der Waals surface area contributed by atoms with Crippen LogP contribution in [0.4, 0.5) is 4.39 Å². The molecule has 2 heterocycles. The zero-order valence-corrected chi connectivity index (χ0v) is 14.8. The lowest BCUT2D eigenvalue weighted by Crippen LogP contribution is -2.44. The van der Waals surface area contributed by atoms with Crippen LogP contribution in [0.2, 0.25) is 0 Å². The molecule has 2 aromatic rings. The van der Waals surface area contributed by atoms with Crippen LogP contribution >= 0.6 is 0 Å². The average Bonchev–Trinajstić information content (AvgIpc) is 3.14. The number of rotatable bonds is 7. The van der Waals surface area contributed by atoms with Crippen molar-refractivity contribution >= 4 is 5.91 Å². The summed E-state index contributed by atoms with van der Waals surface area (Å²) in [5.74, 6) is -0.243. The molecule has 1 saturated heterocycles. The molecule has 0 spiro atoms. The van der Waals surface area contributed by atoms with Gasteiger partial charge in [-0.05, 0) is 37.8 Å². The Labute approximate surface area is 151 Å². The van der Waals surface area contributed by atoms with Crippen molar-refractivity contribution in [3.8, 4) is 5.75 Å². The number of ether oxygens (including phenoxy) is 2. The number of hydrogen-bond acceptors (Lipinski definition) is 5. The van der Waals surface area contributed by atoms with E-state index in [1.807, 2.05) is 4.90 Å². The number of hydrogen-bond donors (Lipinski definition) is 0. The van der Waals surface area contributed by atoms with Crippen molar-refractivity contribution in [3.05, 3.63) is 47.9 Å². The molecule has 1 atom stereocenters. The largest absolute Gasteiger partial charge is 0.481 e. The summed E-state index contributed by atoms with van der Waals surface area (Å²) in [5.41, 5.74) is 0.251. The van der Waals surface area contributed by atoms with Gasteiger partial charge in [0.15, 0.2) is 23.9 Å². The second kappa shape index (κ2) is 8.80. The number of piperidine rings is 1. The predicted octanol–water partition coefficient (Wildman–Crippen LogP) is 3.42. The van der Waals surface area contributed by atoms with E-state index in [0.29, 0.717) is 13.2 Å². The number of oxazole rings is 1. The number of carbonyl (C=O) groups excluding carboxylic acids is 1. The summed E-state index contributed by atoms with van der Waals surface area (Å²) in [7, 11) is 1.66. The van der Waals surface area contributed by atoms with Crippen molar-refractivity contribution in [2.45, 2.75) is 38.3 Å². The fourth-order valence-corrected chi connectivity index (χ4v) is 3.15. The molecular formula is C19H23FN2O4. The minimum Gasteiger partial charge on any atom is -0.481 e. The maximum atomic E-state index is 13.6. The van der Waals surface area contributed by atoms with Gasteiger partial charge in [0.1, 0.15) is 6.26 Å². The number of halogens is 1. The van der Waals surface area contributed by atoms with Crippen LogP contribution in [-0.4, -0.2) is 42.1 Å². The Morgan fingerprint density at radius 1 is 1.38 bits per heavy atom. The lowest BCUT2D eigenvalue weighted by Gasteiger charge is -2.35. The van der Waals surface area contributed by atoms with Crippen molar-refractivity contribution in [2.24, 2.45) is 0 Å². The van der Waals surface area contributed by atoms with Gasteiger partial charge in [-0.25, -0.2) is 9.37 Å². The first-order chi connectivity index (χ1) is 12.7. The van der Waals surface area contributed by atoms with Crippen LogP contribution in [0.5, 0.6) is 5.75 Å². The van der Waals surface area contributed by atoms with E-state index in [1.54, 1.807) is 19.2 Å². The molecule has 1 aromatic heterocycles. The van der Waals surface area contributed by atoms with E-state index in [-0.39, 0.29) is 35.9 Å². The Hall–Kier alpha value is -2.41. The summed E-state index contributed by atoms with van der Waals surface area (Å²) in [6, 6.07) is 6.27. The third-order valence-corrected chi connectivity index (χ3v) is 4.50. The lowest BCUT2D eigenvalue weighted by molar-refractivity contribution is 0.0547. The average molecular weight is 362 g/mol. The summed E-state index contributed by atoms with van der Waals surface area (Å²) in [5, 5.41) is 0. The number of aromatic nitrogens is 1. The molecule has 1 aromatic carbocycles. The molecule has 0 bridgehead atoms. The van der Waals surface area contributed by atoms with Crippen LogP contribution in [0.15, 0.2) is 34.9 Å². The summed E-state index contributed by atoms with van der Waals surface area (Å²) in [6.07, 6.45) is 5.21. The van der Waals surface area contributed by atoms with Gasteiger partial charge in [0.05, 0.1) is 0 Å². The van der Waals surface area contributed by atoms with E-state index in [1.165, 1.54) is 18.4 Å². The molecule has 1 aliphatic heterocycles. The highest BCUT2D eigenvalue weighted by molar-refractivity contribution is 5.92. The molecule has 0 N–H and O–H groups in total. The maximum absolute atomic E-state index is 13.6. The highest BCUT2D eigenvalue weighted by atomic mass is 19.1. The zero-order chi connectivity index (χ0) is 18.4. The molecule has 7 heteroatoms. The third-order valence-electron chi connectivity index (χ3n) is 4.50. The van der Waals surface area contributed by atoms with E-state index < -0.39 is 5.82 Å². The number of benzene rings is 1. The molecule has 0 radical (unpaired) electrons. The number of nitrogens with zero attached hydrogens (tertiary/aromatic N) is 2. The molecule has 6 nitrogen and oxygen atoms in total. The summed E-state index contributed by atoms with van der Waals surface area (Å²) in [4.78, 5) is 18.8. The topological polar surface area (TPSA) is 64.8 Å². The SMILES string of the molecule is COCC[C@H]1CCCCN1C(=O)c1coc(COc2ccccc2F)n1.